The highest BCUT2D eigenvalue weighted by Gasteiger charge is 2.39. The van der Waals surface area contributed by atoms with Crippen LogP contribution in [-0.2, 0) is 27.5 Å². The molecule has 11 heteroatoms. The van der Waals surface area contributed by atoms with Crippen molar-refractivity contribution in [2.45, 2.75) is 48.7 Å². The predicted molar refractivity (Wildman–Crippen MR) is 132 cm³/mol. The lowest BCUT2D eigenvalue weighted by Gasteiger charge is -2.16. The van der Waals surface area contributed by atoms with Gasteiger partial charge in [0, 0.05) is 11.6 Å². The molecule has 0 fully saturated rings. The molecule has 0 aliphatic carbocycles. The Bertz CT molecular complexity index is 1440. The number of carboxylic acids is 1. The van der Waals surface area contributed by atoms with Crippen LogP contribution in [0, 0.1) is 0 Å². The van der Waals surface area contributed by atoms with Crippen molar-refractivity contribution in [3.05, 3.63) is 82.4 Å². The van der Waals surface area contributed by atoms with E-state index in [0.717, 1.165) is 0 Å². The van der Waals surface area contributed by atoms with Gasteiger partial charge < -0.3 is 10.4 Å². The number of carboxylic acid groups (broad SMARTS) is 1. The van der Waals surface area contributed by atoms with E-state index in [9.17, 15) is 36.3 Å². The Morgan fingerprint density at radius 1 is 1.05 bits per heavy atom. The fourth-order valence-electron chi connectivity index (χ4n) is 3.87. The van der Waals surface area contributed by atoms with E-state index >= 15 is 0 Å². The zero-order valence-electron chi connectivity index (χ0n) is 19.8. The highest BCUT2D eigenvalue weighted by atomic mass is 35.5. The topological polar surface area (TPSA) is 101 Å². The maximum atomic E-state index is 13.4. The quantitative estimate of drug-likeness (QED) is 0.372. The van der Waals surface area contributed by atoms with Gasteiger partial charge in [0.1, 0.15) is 0 Å². The van der Waals surface area contributed by atoms with Crippen LogP contribution < -0.4 is 5.32 Å². The minimum atomic E-state index is -4.99. The Hall–Kier alpha value is -3.37. The lowest BCUT2D eigenvalue weighted by molar-refractivity contribution is -0.174. The molecule has 1 amide bonds. The summed E-state index contributed by atoms with van der Waals surface area (Å²) in [5.74, 6) is -3.14. The average molecular weight is 554 g/mol. The first-order valence-electron chi connectivity index (χ1n) is 11.1. The summed E-state index contributed by atoms with van der Waals surface area (Å²) in [6.45, 7) is 3.16. The Kier molecular flexibility index (Phi) is 8.34. The number of alkyl halides is 3. The number of halogens is 4. The molecule has 0 aliphatic rings. The third kappa shape index (κ3) is 6.31. The number of benzene rings is 3. The third-order valence-electron chi connectivity index (χ3n) is 5.67. The van der Waals surface area contributed by atoms with E-state index in [1.807, 2.05) is 5.32 Å². The first-order valence-corrected chi connectivity index (χ1v) is 13.0. The van der Waals surface area contributed by atoms with Crippen molar-refractivity contribution in [1.82, 2.24) is 5.32 Å². The van der Waals surface area contributed by atoms with Gasteiger partial charge in [-0.1, -0.05) is 48.9 Å². The van der Waals surface area contributed by atoms with Gasteiger partial charge in [-0.2, -0.15) is 13.2 Å². The number of hydrogen-bond donors (Lipinski definition) is 2. The van der Waals surface area contributed by atoms with Crippen molar-refractivity contribution >= 4 is 33.3 Å². The van der Waals surface area contributed by atoms with Crippen molar-refractivity contribution < 1.29 is 36.3 Å². The fraction of sp³-hybridized carbons (Fsp3) is 0.231. The lowest BCUT2D eigenvalue weighted by atomic mass is 10.00. The van der Waals surface area contributed by atoms with Crippen LogP contribution in [0.2, 0.25) is 5.02 Å². The fourth-order valence-corrected chi connectivity index (χ4v) is 5.90. The van der Waals surface area contributed by atoms with Crippen molar-refractivity contribution in [1.29, 1.82) is 0 Å². The zero-order chi connectivity index (χ0) is 27.5. The largest absolute Gasteiger partial charge is 0.478 e. The van der Waals surface area contributed by atoms with Crippen LogP contribution in [0.3, 0.4) is 0 Å². The highest BCUT2D eigenvalue weighted by molar-refractivity contribution is 7.91. The average Bonchev–Trinajstić information content (AvgIpc) is 2.83. The number of hydrogen-bond acceptors (Lipinski definition) is 4. The van der Waals surface area contributed by atoms with Crippen molar-refractivity contribution in [3.63, 3.8) is 0 Å². The standard InChI is InChI=1S/C26H23ClF3NO5S/c1-3-20-22(12-11-21(23(20)27)17-5-4-6-18(14-17)24(32)33)37(35,36)19-9-7-16(8-10-19)13-15(2)31-25(34)26(28,29)30/h4-12,14-15H,3,13H2,1-2H3,(H,31,34)(H,32,33)/t15-/m1/s1. The maximum Gasteiger partial charge on any atom is 0.471 e. The van der Waals surface area contributed by atoms with Gasteiger partial charge in [0.05, 0.1) is 20.4 Å². The van der Waals surface area contributed by atoms with Gasteiger partial charge in [-0.25, -0.2) is 13.2 Å². The summed E-state index contributed by atoms with van der Waals surface area (Å²) in [6, 6.07) is 13.9. The molecule has 0 saturated carbocycles. The van der Waals surface area contributed by atoms with Gasteiger partial charge >= 0.3 is 18.1 Å². The molecular weight excluding hydrogens is 531 g/mol. The van der Waals surface area contributed by atoms with E-state index in [0.29, 0.717) is 22.3 Å². The third-order valence-corrected chi connectivity index (χ3v) is 7.96. The van der Waals surface area contributed by atoms with E-state index < -0.39 is 33.9 Å². The SMILES string of the molecule is CCc1c(S(=O)(=O)c2ccc(C[C@@H](C)NC(=O)C(F)(F)F)cc2)ccc(-c2cccc(C(=O)O)c2)c1Cl. The lowest BCUT2D eigenvalue weighted by Crippen LogP contribution is -2.42. The molecule has 0 aliphatic heterocycles. The number of carbonyl (C=O) groups excluding carboxylic acids is 1. The van der Waals surface area contributed by atoms with Gasteiger partial charge in [-0.15, -0.1) is 0 Å². The van der Waals surface area contributed by atoms with Gasteiger partial charge in [0.15, 0.2) is 0 Å². The molecule has 0 heterocycles. The van der Waals surface area contributed by atoms with E-state index in [1.54, 1.807) is 19.1 Å². The number of nitrogens with one attached hydrogen (secondary N) is 1. The predicted octanol–water partition coefficient (Wildman–Crippen LogP) is 5.71. The van der Waals surface area contributed by atoms with Crippen LogP contribution in [0.25, 0.3) is 11.1 Å². The Balaban J connectivity index is 1.90. The molecule has 2 N–H and O–H groups in total. The summed E-state index contributed by atoms with van der Waals surface area (Å²) < 4.78 is 64.2. The number of rotatable bonds is 8. The maximum absolute atomic E-state index is 13.4. The Morgan fingerprint density at radius 3 is 2.27 bits per heavy atom. The molecule has 37 heavy (non-hydrogen) atoms. The van der Waals surface area contributed by atoms with Crippen molar-refractivity contribution in [2.24, 2.45) is 0 Å². The van der Waals surface area contributed by atoms with Crippen LogP contribution in [0.5, 0.6) is 0 Å². The summed E-state index contributed by atoms with van der Waals surface area (Å²) >= 11 is 6.60. The molecule has 0 aromatic heterocycles. The normalized spacial score (nSPS) is 12.7. The smallest absolute Gasteiger partial charge is 0.471 e. The number of sulfone groups is 1. The molecule has 0 radical (unpaired) electrons. The molecule has 3 aromatic rings. The number of carbonyl (C=O) groups is 2. The van der Waals surface area contributed by atoms with Crippen molar-refractivity contribution in [3.8, 4) is 11.1 Å². The van der Waals surface area contributed by atoms with E-state index in [1.165, 1.54) is 55.5 Å². The molecule has 3 rings (SSSR count). The van der Waals surface area contributed by atoms with Crippen LogP contribution in [0.1, 0.15) is 35.3 Å². The zero-order valence-corrected chi connectivity index (χ0v) is 21.3. The van der Waals surface area contributed by atoms with Gasteiger partial charge in [0.25, 0.3) is 0 Å². The molecule has 6 nitrogen and oxygen atoms in total. The van der Waals surface area contributed by atoms with Crippen LogP contribution in [0.15, 0.2) is 70.5 Å². The van der Waals surface area contributed by atoms with Crippen LogP contribution in [0.4, 0.5) is 13.2 Å². The van der Waals surface area contributed by atoms with E-state index in [4.69, 9.17) is 11.6 Å². The highest BCUT2D eigenvalue weighted by Crippen LogP contribution is 2.37. The second kappa shape index (κ2) is 10.9. The first-order chi connectivity index (χ1) is 17.3. The van der Waals surface area contributed by atoms with Crippen LogP contribution >= 0.6 is 11.6 Å². The molecule has 0 saturated heterocycles. The molecule has 1 atom stereocenters. The van der Waals surface area contributed by atoms with E-state index in [-0.39, 0.29) is 33.2 Å². The summed E-state index contributed by atoms with van der Waals surface area (Å²) in [7, 11) is -4.01. The summed E-state index contributed by atoms with van der Waals surface area (Å²) in [6.07, 6.45) is -4.63. The first kappa shape index (κ1) is 28.2. The van der Waals surface area contributed by atoms with Gasteiger partial charge in [-0.3, -0.25) is 4.79 Å². The van der Waals surface area contributed by atoms with Crippen molar-refractivity contribution in [2.75, 3.05) is 0 Å². The molecular formula is C26H23ClF3NO5S. The summed E-state index contributed by atoms with van der Waals surface area (Å²) in [5, 5.41) is 11.3. The molecule has 196 valence electrons. The monoisotopic (exact) mass is 553 g/mol. The molecule has 0 bridgehead atoms. The molecule has 0 spiro atoms. The van der Waals surface area contributed by atoms with Gasteiger partial charge in [-0.05, 0) is 66.8 Å². The molecule has 3 aromatic carbocycles. The second-order valence-corrected chi connectivity index (χ2v) is 10.7. The second-order valence-electron chi connectivity index (χ2n) is 8.37. The van der Waals surface area contributed by atoms with E-state index in [2.05, 4.69) is 0 Å². The Labute approximate surface area is 217 Å². The minimum absolute atomic E-state index is 0.00306. The number of aromatic carboxylic acids is 1. The summed E-state index contributed by atoms with van der Waals surface area (Å²) in [4.78, 5) is 22.4. The van der Waals surface area contributed by atoms with Gasteiger partial charge in [0.2, 0.25) is 9.84 Å². The van der Waals surface area contributed by atoms with Crippen LogP contribution in [-0.4, -0.2) is 37.6 Å². The Morgan fingerprint density at radius 2 is 1.70 bits per heavy atom. The minimum Gasteiger partial charge on any atom is -0.478 e. The number of amides is 1. The molecule has 0 unspecified atom stereocenters. The summed E-state index contributed by atoms with van der Waals surface area (Å²) in [5.41, 5.74) is 1.99.